The number of hydrogen-bond acceptors (Lipinski definition) is 13. The van der Waals surface area contributed by atoms with Gasteiger partial charge in [0, 0.05) is 38.2 Å². The zero-order chi connectivity index (χ0) is 37.3. The number of cyclic esters (lactones) is 1. The van der Waals surface area contributed by atoms with Crippen molar-refractivity contribution in [3.8, 4) is 0 Å². The number of rotatable bonds is 9. The predicted octanol–water partition coefficient (Wildman–Crippen LogP) is 2.55. The molecule has 0 amide bonds. The van der Waals surface area contributed by atoms with Crippen molar-refractivity contribution in [2.45, 2.75) is 134 Å². The molecule has 0 aliphatic carbocycles. The van der Waals surface area contributed by atoms with E-state index >= 15 is 0 Å². The number of methoxy groups -OCH3 is 2. The van der Waals surface area contributed by atoms with E-state index in [1.807, 2.05) is 46.7 Å². The Morgan fingerprint density at radius 1 is 0.900 bits per heavy atom. The lowest BCUT2D eigenvalue weighted by Crippen LogP contribution is -2.59. The fourth-order valence-electron chi connectivity index (χ4n) is 7.09. The number of nitrogens with zero attached hydrogens (tertiary/aromatic N) is 1. The van der Waals surface area contributed by atoms with E-state index in [1.165, 1.54) is 44.6 Å². The summed E-state index contributed by atoms with van der Waals surface area (Å²) < 4.78 is 41.3. The van der Waals surface area contributed by atoms with Gasteiger partial charge in [-0.15, -0.1) is 0 Å². The van der Waals surface area contributed by atoms with Crippen LogP contribution in [0.15, 0.2) is 36.5 Å². The Balaban J connectivity index is 1.90. The molecule has 3 heterocycles. The van der Waals surface area contributed by atoms with Crippen LogP contribution in [-0.2, 0) is 42.7 Å². The number of allylic oxidation sites excluding steroid dienone is 3. The molecule has 0 spiro atoms. The van der Waals surface area contributed by atoms with Gasteiger partial charge in [-0.3, -0.25) is 4.79 Å². The van der Waals surface area contributed by atoms with E-state index in [4.69, 9.17) is 33.2 Å². The summed E-state index contributed by atoms with van der Waals surface area (Å²) in [4.78, 5) is 28.5. The van der Waals surface area contributed by atoms with Crippen LogP contribution in [0.4, 0.5) is 0 Å². The van der Waals surface area contributed by atoms with Crippen LogP contribution in [0, 0.1) is 17.8 Å². The summed E-state index contributed by atoms with van der Waals surface area (Å²) in [6.45, 7) is 10.7. The maximum atomic E-state index is 13.3. The first-order valence-electron chi connectivity index (χ1n) is 17.7. The standard InChI is InChI=1S/C37H61NO12/c1-11-28-37(43,20-46-36-34(45-10)33(44-9)30(41)25(6)48-36)17-13-12-14-27(39)22(3)18-23(4)32(21(2)15-16-29(40)49-28)50-35-31(42)26(38(7)8)19-24(5)47-35/h12-17,21-26,28,30-36,41-43H,11,18-20H2,1-10H3/b14-12+,16-15+,17-13+/t21-,22+,23+,24+,25+,26-,28-,30+,31+,32-,33+,34+,35-,36+,37+/m0/s1. The number of carbonyl (C=O) groups is 2. The summed E-state index contributed by atoms with van der Waals surface area (Å²) in [7, 11) is 6.70. The lowest BCUT2D eigenvalue weighted by atomic mass is 9.84. The van der Waals surface area contributed by atoms with Crippen molar-refractivity contribution in [2.24, 2.45) is 17.8 Å². The number of ether oxygens (including phenoxy) is 7. The Labute approximate surface area is 297 Å². The third-order valence-corrected chi connectivity index (χ3v) is 10.1. The molecule has 0 radical (unpaired) electrons. The van der Waals surface area contributed by atoms with E-state index in [1.54, 1.807) is 19.9 Å². The molecule has 0 aromatic rings. The normalized spacial score (nSPS) is 44.4. The molecule has 3 N–H and O–H groups in total. The highest BCUT2D eigenvalue weighted by atomic mass is 16.7. The van der Waals surface area contributed by atoms with Gasteiger partial charge < -0.3 is 53.4 Å². The van der Waals surface area contributed by atoms with Gasteiger partial charge in [-0.05, 0) is 65.3 Å². The predicted molar refractivity (Wildman–Crippen MR) is 185 cm³/mol. The van der Waals surface area contributed by atoms with Gasteiger partial charge in [-0.2, -0.15) is 0 Å². The number of carbonyl (C=O) groups excluding carboxylic acids is 2. The SMILES string of the molecule is CC[C@@H]1OC(=O)/C=C/[C@H](C)[C@H](O[C@@H]2O[C@H](C)C[C@H](N(C)C)[C@H]2O)[C@H](C)C[C@@H](C)C(=O)/C=C/C=C/[C@@]1(O)CO[C@@H]1O[C@H](C)[C@@H](O)[C@@H](OC)[C@H]1OC. The molecular formula is C37H61NO12. The molecule has 0 aromatic heterocycles. The lowest BCUT2D eigenvalue weighted by Gasteiger charge is -2.43. The van der Waals surface area contributed by atoms with Gasteiger partial charge in [0.15, 0.2) is 18.4 Å². The van der Waals surface area contributed by atoms with E-state index in [9.17, 15) is 24.9 Å². The van der Waals surface area contributed by atoms with Crippen LogP contribution in [0.3, 0.4) is 0 Å². The Morgan fingerprint density at radius 3 is 2.20 bits per heavy atom. The van der Waals surface area contributed by atoms with Gasteiger partial charge in [-0.25, -0.2) is 4.79 Å². The van der Waals surface area contributed by atoms with Crippen LogP contribution in [0.2, 0.25) is 0 Å². The third kappa shape index (κ3) is 10.8. The summed E-state index contributed by atoms with van der Waals surface area (Å²) >= 11 is 0. The minimum absolute atomic E-state index is 0.110. The summed E-state index contributed by atoms with van der Waals surface area (Å²) in [5.41, 5.74) is -1.85. The molecule has 50 heavy (non-hydrogen) atoms. The zero-order valence-electron chi connectivity index (χ0n) is 31.3. The van der Waals surface area contributed by atoms with Gasteiger partial charge in [0.05, 0.1) is 24.9 Å². The van der Waals surface area contributed by atoms with Crippen molar-refractivity contribution in [1.29, 1.82) is 0 Å². The number of hydrogen-bond donors (Lipinski definition) is 3. The molecule has 13 heteroatoms. The molecular weight excluding hydrogens is 650 g/mol. The Bertz CT molecular complexity index is 1180. The molecule has 13 nitrogen and oxygen atoms in total. The molecule has 3 aliphatic heterocycles. The van der Waals surface area contributed by atoms with Crippen LogP contribution in [0.5, 0.6) is 0 Å². The minimum atomic E-state index is -1.85. The Morgan fingerprint density at radius 2 is 1.58 bits per heavy atom. The molecule has 286 valence electrons. The van der Waals surface area contributed by atoms with Crippen LogP contribution in [0.25, 0.3) is 0 Å². The van der Waals surface area contributed by atoms with E-state index in [0.29, 0.717) is 12.8 Å². The molecule has 0 unspecified atom stereocenters. The first-order chi connectivity index (χ1) is 23.6. The number of likely N-dealkylation sites (N-methyl/N-ethyl adjacent to an activating group) is 1. The highest BCUT2D eigenvalue weighted by Crippen LogP contribution is 2.32. The third-order valence-electron chi connectivity index (χ3n) is 10.1. The first kappa shape index (κ1) is 42.4. The smallest absolute Gasteiger partial charge is 0.330 e. The second-order valence-electron chi connectivity index (χ2n) is 14.4. The largest absolute Gasteiger partial charge is 0.456 e. The van der Waals surface area contributed by atoms with E-state index in [0.717, 1.165) is 0 Å². The second-order valence-corrected chi connectivity index (χ2v) is 14.4. The summed E-state index contributed by atoms with van der Waals surface area (Å²) in [5.74, 6) is -1.66. The van der Waals surface area contributed by atoms with Crippen LogP contribution < -0.4 is 0 Å². The van der Waals surface area contributed by atoms with Gasteiger partial charge >= 0.3 is 5.97 Å². The molecule has 0 aromatic carbocycles. The molecule has 3 aliphatic rings. The Kier molecular flexibility index (Phi) is 16.2. The summed E-state index contributed by atoms with van der Waals surface area (Å²) in [5, 5.41) is 33.7. The number of ketones is 1. The molecule has 2 fully saturated rings. The average molecular weight is 712 g/mol. The molecule has 15 atom stereocenters. The van der Waals surface area contributed by atoms with Crippen molar-refractivity contribution in [3.63, 3.8) is 0 Å². The van der Waals surface area contributed by atoms with Gasteiger partial charge in [0.1, 0.15) is 36.1 Å². The minimum Gasteiger partial charge on any atom is -0.456 e. The van der Waals surface area contributed by atoms with Crippen molar-refractivity contribution in [1.82, 2.24) is 4.90 Å². The summed E-state index contributed by atoms with van der Waals surface area (Å²) in [6.07, 6.45) is 2.53. The van der Waals surface area contributed by atoms with Crippen molar-refractivity contribution in [3.05, 3.63) is 36.5 Å². The topological polar surface area (TPSA) is 163 Å². The Hall–Kier alpha value is -2.04. The number of aliphatic hydroxyl groups is 3. The van der Waals surface area contributed by atoms with Gasteiger partial charge in [-0.1, -0.05) is 45.9 Å². The maximum Gasteiger partial charge on any atom is 0.330 e. The van der Waals surface area contributed by atoms with E-state index in [-0.39, 0.29) is 48.7 Å². The average Bonchev–Trinajstić information content (AvgIpc) is 3.07. The highest BCUT2D eigenvalue weighted by Gasteiger charge is 2.47. The lowest BCUT2D eigenvalue weighted by molar-refractivity contribution is -0.310. The quantitative estimate of drug-likeness (QED) is 0.300. The summed E-state index contributed by atoms with van der Waals surface area (Å²) in [6, 6.07) is -0.167. The van der Waals surface area contributed by atoms with Crippen molar-refractivity contribution >= 4 is 11.8 Å². The van der Waals surface area contributed by atoms with Crippen LogP contribution in [-0.4, -0.2) is 140 Å². The number of esters is 1. The fraction of sp³-hybridized carbons (Fsp3) is 0.784. The number of aliphatic hydroxyl groups excluding tert-OH is 2. The molecule has 0 bridgehead atoms. The molecule has 2 saturated heterocycles. The highest BCUT2D eigenvalue weighted by molar-refractivity contribution is 5.91. The molecule has 3 rings (SSSR count). The molecule has 0 saturated carbocycles. The second kappa shape index (κ2) is 19.2. The fourth-order valence-corrected chi connectivity index (χ4v) is 7.09. The maximum absolute atomic E-state index is 13.3. The van der Waals surface area contributed by atoms with Crippen LogP contribution >= 0.6 is 0 Å². The van der Waals surface area contributed by atoms with E-state index < -0.39 is 66.9 Å². The zero-order valence-corrected chi connectivity index (χ0v) is 31.3. The van der Waals surface area contributed by atoms with Crippen molar-refractivity contribution in [2.75, 3.05) is 34.9 Å². The van der Waals surface area contributed by atoms with Gasteiger partial charge in [0.25, 0.3) is 0 Å². The monoisotopic (exact) mass is 711 g/mol. The van der Waals surface area contributed by atoms with E-state index in [2.05, 4.69) is 0 Å². The van der Waals surface area contributed by atoms with Crippen LogP contribution in [0.1, 0.15) is 60.8 Å². The van der Waals surface area contributed by atoms with Gasteiger partial charge in [0.2, 0.25) is 0 Å². The van der Waals surface area contributed by atoms with Crippen molar-refractivity contribution < 1.29 is 58.1 Å². The first-order valence-corrected chi connectivity index (χ1v) is 17.7.